The van der Waals surface area contributed by atoms with Gasteiger partial charge in [-0.2, -0.15) is 0 Å². The Morgan fingerprint density at radius 1 is 0.903 bits per heavy atom. The van der Waals surface area contributed by atoms with Gasteiger partial charge in [0, 0.05) is 10.9 Å². The highest BCUT2D eigenvalue weighted by atomic mass is 32.1. The van der Waals surface area contributed by atoms with E-state index < -0.39 is 6.10 Å². The standard InChI is InChI=1S/C25H22N2O3S/c1-17(30-21-13-11-19(12-14-21)18-7-4-3-5-8-18)24(28)27-25-26-23(16-31-25)20-9-6-10-22(15-20)29-2/h3-17H,1-2H3,(H,26,27,28). The Kier molecular flexibility index (Phi) is 6.29. The molecular weight excluding hydrogens is 408 g/mol. The molecular formula is C25H22N2O3S. The molecule has 0 aliphatic carbocycles. The third kappa shape index (κ3) is 5.10. The van der Waals surface area contributed by atoms with Crippen molar-refractivity contribution in [3.8, 4) is 33.9 Å². The minimum atomic E-state index is -0.660. The molecule has 0 aliphatic heterocycles. The largest absolute Gasteiger partial charge is 0.497 e. The second kappa shape index (κ2) is 9.45. The maximum Gasteiger partial charge on any atom is 0.266 e. The van der Waals surface area contributed by atoms with Gasteiger partial charge >= 0.3 is 0 Å². The predicted molar refractivity (Wildman–Crippen MR) is 125 cm³/mol. The Balaban J connectivity index is 1.37. The van der Waals surface area contributed by atoms with E-state index in [0.717, 1.165) is 28.1 Å². The van der Waals surface area contributed by atoms with Gasteiger partial charge in [0.1, 0.15) is 11.5 Å². The van der Waals surface area contributed by atoms with Crippen molar-refractivity contribution in [2.45, 2.75) is 13.0 Å². The highest BCUT2D eigenvalue weighted by molar-refractivity contribution is 7.14. The van der Waals surface area contributed by atoms with E-state index in [0.29, 0.717) is 10.9 Å². The van der Waals surface area contributed by atoms with E-state index in [1.54, 1.807) is 14.0 Å². The highest BCUT2D eigenvalue weighted by Gasteiger charge is 2.17. The fourth-order valence-electron chi connectivity index (χ4n) is 3.07. The number of nitrogens with one attached hydrogen (secondary N) is 1. The minimum Gasteiger partial charge on any atom is -0.497 e. The van der Waals surface area contributed by atoms with Crippen LogP contribution in [-0.2, 0) is 4.79 Å². The molecule has 0 saturated heterocycles. The lowest BCUT2D eigenvalue weighted by molar-refractivity contribution is -0.122. The van der Waals surface area contributed by atoms with E-state index in [9.17, 15) is 4.79 Å². The third-order valence-corrected chi connectivity index (χ3v) is 5.50. The van der Waals surface area contributed by atoms with Crippen LogP contribution in [0.15, 0.2) is 84.2 Å². The van der Waals surface area contributed by atoms with Crippen LogP contribution >= 0.6 is 11.3 Å². The van der Waals surface area contributed by atoms with Crippen LogP contribution < -0.4 is 14.8 Å². The smallest absolute Gasteiger partial charge is 0.266 e. The van der Waals surface area contributed by atoms with Gasteiger partial charge in [-0.25, -0.2) is 4.98 Å². The molecule has 4 aromatic rings. The zero-order valence-corrected chi connectivity index (χ0v) is 18.1. The van der Waals surface area contributed by atoms with E-state index in [1.165, 1.54) is 11.3 Å². The first-order valence-corrected chi connectivity index (χ1v) is 10.7. The molecule has 1 heterocycles. The molecule has 0 aliphatic rings. The Labute approximate surface area is 185 Å². The van der Waals surface area contributed by atoms with E-state index in [2.05, 4.69) is 22.4 Å². The Morgan fingerprint density at radius 2 is 1.61 bits per heavy atom. The molecule has 4 rings (SSSR count). The molecule has 3 aromatic carbocycles. The first-order chi connectivity index (χ1) is 15.1. The lowest BCUT2D eigenvalue weighted by Crippen LogP contribution is -2.30. The number of anilines is 1. The SMILES string of the molecule is COc1cccc(-c2csc(NC(=O)C(C)Oc3ccc(-c4ccccc4)cc3)n2)c1. The quantitative estimate of drug-likeness (QED) is 0.397. The zero-order valence-electron chi connectivity index (χ0n) is 17.2. The molecule has 0 bridgehead atoms. The van der Waals surface area contributed by atoms with E-state index >= 15 is 0 Å². The molecule has 156 valence electrons. The van der Waals surface area contributed by atoms with Crippen LogP contribution in [0.3, 0.4) is 0 Å². The Morgan fingerprint density at radius 3 is 2.35 bits per heavy atom. The van der Waals surface area contributed by atoms with Crippen molar-refractivity contribution >= 4 is 22.4 Å². The molecule has 6 heteroatoms. The van der Waals surface area contributed by atoms with Crippen LogP contribution in [0.25, 0.3) is 22.4 Å². The van der Waals surface area contributed by atoms with Gasteiger partial charge in [-0.3, -0.25) is 10.1 Å². The van der Waals surface area contributed by atoms with Gasteiger partial charge in [0.05, 0.1) is 12.8 Å². The van der Waals surface area contributed by atoms with Crippen molar-refractivity contribution in [2.24, 2.45) is 0 Å². The summed E-state index contributed by atoms with van der Waals surface area (Å²) in [4.78, 5) is 17.1. The number of thiazole rings is 1. The van der Waals surface area contributed by atoms with Crippen molar-refractivity contribution in [1.82, 2.24) is 4.98 Å². The minimum absolute atomic E-state index is 0.251. The third-order valence-electron chi connectivity index (χ3n) is 4.74. The summed E-state index contributed by atoms with van der Waals surface area (Å²) in [6, 6.07) is 25.5. The normalized spacial score (nSPS) is 11.5. The second-order valence-corrected chi connectivity index (χ2v) is 7.77. The lowest BCUT2D eigenvalue weighted by atomic mass is 10.1. The number of benzene rings is 3. The number of hydrogen-bond acceptors (Lipinski definition) is 5. The first kappa shape index (κ1) is 20.6. The molecule has 5 nitrogen and oxygen atoms in total. The van der Waals surface area contributed by atoms with Crippen LogP contribution in [0.4, 0.5) is 5.13 Å². The fourth-order valence-corrected chi connectivity index (χ4v) is 3.79. The molecule has 0 saturated carbocycles. The van der Waals surface area contributed by atoms with Crippen molar-refractivity contribution in [3.63, 3.8) is 0 Å². The van der Waals surface area contributed by atoms with Crippen molar-refractivity contribution < 1.29 is 14.3 Å². The molecule has 1 atom stereocenters. The molecule has 1 amide bonds. The van der Waals surface area contributed by atoms with E-state index in [1.807, 2.05) is 72.1 Å². The first-order valence-electron chi connectivity index (χ1n) is 9.85. The number of carbonyl (C=O) groups excluding carboxylic acids is 1. The van der Waals surface area contributed by atoms with Crippen LogP contribution in [-0.4, -0.2) is 24.1 Å². The number of aromatic nitrogens is 1. The van der Waals surface area contributed by atoms with Gasteiger partial charge in [-0.1, -0.05) is 54.6 Å². The maximum atomic E-state index is 12.6. The number of carbonyl (C=O) groups is 1. The predicted octanol–water partition coefficient (Wildman–Crippen LogP) is 5.89. The van der Waals surface area contributed by atoms with Crippen molar-refractivity contribution in [1.29, 1.82) is 0 Å². The number of hydrogen-bond donors (Lipinski definition) is 1. The van der Waals surface area contributed by atoms with Gasteiger partial charge < -0.3 is 9.47 Å². The summed E-state index contributed by atoms with van der Waals surface area (Å²) in [6.45, 7) is 1.72. The Bertz CT molecular complexity index is 1160. The van der Waals surface area contributed by atoms with Crippen molar-refractivity contribution in [2.75, 3.05) is 12.4 Å². The molecule has 1 unspecified atom stereocenters. The average molecular weight is 431 g/mol. The summed E-state index contributed by atoms with van der Waals surface area (Å²) >= 11 is 1.37. The number of rotatable bonds is 7. The van der Waals surface area contributed by atoms with E-state index in [-0.39, 0.29) is 5.91 Å². The molecule has 1 aromatic heterocycles. The highest BCUT2D eigenvalue weighted by Crippen LogP contribution is 2.28. The molecule has 31 heavy (non-hydrogen) atoms. The Hall–Kier alpha value is -3.64. The van der Waals surface area contributed by atoms with Gasteiger partial charge in [-0.05, 0) is 42.3 Å². The second-order valence-electron chi connectivity index (χ2n) is 6.91. The van der Waals surface area contributed by atoms with Gasteiger partial charge in [0.15, 0.2) is 11.2 Å². The summed E-state index contributed by atoms with van der Waals surface area (Å²) in [5.74, 6) is 1.15. The van der Waals surface area contributed by atoms with Gasteiger partial charge in [0.2, 0.25) is 0 Å². The molecule has 0 spiro atoms. The van der Waals surface area contributed by atoms with Crippen molar-refractivity contribution in [3.05, 3.63) is 84.2 Å². The summed E-state index contributed by atoms with van der Waals surface area (Å²) in [7, 11) is 1.63. The summed E-state index contributed by atoms with van der Waals surface area (Å²) < 4.78 is 11.1. The molecule has 1 N–H and O–H groups in total. The molecule has 0 fully saturated rings. The van der Waals surface area contributed by atoms with Crippen LogP contribution in [0.2, 0.25) is 0 Å². The number of nitrogens with zero attached hydrogens (tertiary/aromatic N) is 1. The van der Waals surface area contributed by atoms with Gasteiger partial charge in [-0.15, -0.1) is 11.3 Å². The van der Waals surface area contributed by atoms with Crippen LogP contribution in [0, 0.1) is 0 Å². The fraction of sp³-hybridized carbons (Fsp3) is 0.120. The maximum absolute atomic E-state index is 12.6. The lowest BCUT2D eigenvalue weighted by Gasteiger charge is -2.14. The number of ether oxygens (including phenoxy) is 2. The summed E-state index contributed by atoms with van der Waals surface area (Å²) in [5.41, 5.74) is 3.94. The zero-order chi connectivity index (χ0) is 21.6. The summed E-state index contributed by atoms with van der Waals surface area (Å²) in [6.07, 6.45) is -0.660. The summed E-state index contributed by atoms with van der Waals surface area (Å²) in [5, 5.41) is 5.26. The van der Waals surface area contributed by atoms with Crippen LogP contribution in [0.5, 0.6) is 11.5 Å². The van der Waals surface area contributed by atoms with E-state index in [4.69, 9.17) is 9.47 Å². The topological polar surface area (TPSA) is 60.5 Å². The average Bonchev–Trinajstić information content (AvgIpc) is 3.28. The van der Waals surface area contributed by atoms with Crippen LogP contribution in [0.1, 0.15) is 6.92 Å². The number of amides is 1. The van der Waals surface area contributed by atoms with Gasteiger partial charge in [0.25, 0.3) is 5.91 Å². The monoisotopic (exact) mass is 430 g/mol. The number of methoxy groups -OCH3 is 1. The molecule has 0 radical (unpaired) electrons.